The first-order valence-electron chi connectivity index (χ1n) is 9.55. The third-order valence-electron chi connectivity index (χ3n) is 5.29. The zero-order valence-corrected chi connectivity index (χ0v) is 15.4. The van der Waals surface area contributed by atoms with Gasteiger partial charge in [0.05, 0.1) is 6.42 Å². The number of aromatic nitrogens is 3. The lowest BCUT2D eigenvalue weighted by atomic mass is 9.93. The Balaban J connectivity index is 1.33. The van der Waals surface area contributed by atoms with Crippen molar-refractivity contribution in [3.05, 3.63) is 78.4 Å². The Morgan fingerprint density at radius 3 is 2.33 bits per heavy atom. The first-order valence-corrected chi connectivity index (χ1v) is 9.55. The zero-order valence-electron chi connectivity index (χ0n) is 15.4. The molecular formula is C22H24N4O. The second-order valence-electron chi connectivity index (χ2n) is 7.14. The number of rotatable bonds is 5. The van der Waals surface area contributed by atoms with Crippen LogP contribution >= 0.6 is 0 Å². The van der Waals surface area contributed by atoms with E-state index in [0.717, 1.165) is 49.4 Å². The van der Waals surface area contributed by atoms with Crippen LogP contribution in [0.3, 0.4) is 0 Å². The molecule has 0 spiro atoms. The predicted octanol–water partition coefficient (Wildman–Crippen LogP) is 3.29. The molecule has 0 atom stereocenters. The lowest BCUT2D eigenvalue weighted by Gasteiger charge is -2.32. The average molecular weight is 360 g/mol. The maximum Gasteiger partial charge on any atom is 0.226 e. The van der Waals surface area contributed by atoms with E-state index in [1.807, 2.05) is 53.4 Å². The van der Waals surface area contributed by atoms with E-state index in [1.54, 1.807) is 6.33 Å². The van der Waals surface area contributed by atoms with E-state index in [-0.39, 0.29) is 5.91 Å². The molecule has 27 heavy (non-hydrogen) atoms. The molecule has 2 aromatic carbocycles. The highest BCUT2D eigenvalue weighted by molar-refractivity contribution is 5.78. The zero-order chi connectivity index (χ0) is 18.5. The quantitative estimate of drug-likeness (QED) is 0.701. The van der Waals surface area contributed by atoms with Gasteiger partial charge in [-0.2, -0.15) is 0 Å². The van der Waals surface area contributed by atoms with Crippen LogP contribution in [-0.2, 0) is 17.6 Å². The Labute approximate surface area is 159 Å². The number of carbonyl (C=O) groups is 1. The number of hydrogen-bond acceptors (Lipinski definition) is 3. The minimum Gasteiger partial charge on any atom is -0.342 e. The van der Waals surface area contributed by atoms with Gasteiger partial charge in [-0.05, 0) is 36.5 Å². The van der Waals surface area contributed by atoms with Crippen LogP contribution in [0.5, 0.6) is 0 Å². The van der Waals surface area contributed by atoms with Crippen molar-refractivity contribution in [1.29, 1.82) is 0 Å². The molecular weight excluding hydrogens is 336 g/mol. The van der Waals surface area contributed by atoms with E-state index >= 15 is 0 Å². The molecule has 5 heteroatoms. The summed E-state index contributed by atoms with van der Waals surface area (Å²) in [6, 6.07) is 20.2. The highest BCUT2D eigenvalue weighted by Crippen LogP contribution is 2.22. The molecule has 0 saturated carbocycles. The van der Waals surface area contributed by atoms with Gasteiger partial charge in [-0.25, -0.2) is 0 Å². The van der Waals surface area contributed by atoms with Crippen LogP contribution in [-0.4, -0.2) is 38.7 Å². The summed E-state index contributed by atoms with van der Waals surface area (Å²) >= 11 is 0. The van der Waals surface area contributed by atoms with Crippen LogP contribution in [0.2, 0.25) is 0 Å². The van der Waals surface area contributed by atoms with E-state index in [4.69, 9.17) is 0 Å². The Bertz CT molecular complexity index is 868. The van der Waals surface area contributed by atoms with E-state index in [2.05, 4.69) is 26.9 Å². The van der Waals surface area contributed by atoms with E-state index < -0.39 is 0 Å². The topological polar surface area (TPSA) is 51.0 Å². The molecule has 0 radical (unpaired) electrons. The lowest BCUT2D eigenvalue weighted by Crippen LogP contribution is -2.39. The highest BCUT2D eigenvalue weighted by atomic mass is 16.2. The number of hydrogen-bond donors (Lipinski definition) is 0. The van der Waals surface area contributed by atoms with E-state index in [9.17, 15) is 4.79 Å². The molecule has 1 aliphatic rings. The summed E-state index contributed by atoms with van der Waals surface area (Å²) in [5.74, 6) is 1.76. The normalized spacial score (nSPS) is 15.0. The van der Waals surface area contributed by atoms with Crippen LogP contribution in [0.4, 0.5) is 0 Å². The Hall–Kier alpha value is -2.95. The van der Waals surface area contributed by atoms with Crippen molar-refractivity contribution in [1.82, 2.24) is 19.7 Å². The maximum absolute atomic E-state index is 12.5. The second-order valence-corrected chi connectivity index (χ2v) is 7.14. The van der Waals surface area contributed by atoms with Crippen molar-refractivity contribution in [3.8, 4) is 5.69 Å². The van der Waals surface area contributed by atoms with Gasteiger partial charge in [0.15, 0.2) is 0 Å². The van der Waals surface area contributed by atoms with Crippen LogP contribution in [0.25, 0.3) is 5.69 Å². The fraction of sp³-hybridized carbons (Fsp3) is 0.318. The van der Waals surface area contributed by atoms with Crippen LogP contribution in [0, 0.1) is 5.92 Å². The van der Waals surface area contributed by atoms with Crippen molar-refractivity contribution >= 4 is 5.91 Å². The first-order chi connectivity index (χ1) is 13.3. The van der Waals surface area contributed by atoms with Crippen molar-refractivity contribution in [2.45, 2.75) is 25.7 Å². The third-order valence-corrected chi connectivity index (χ3v) is 5.29. The highest BCUT2D eigenvalue weighted by Gasteiger charge is 2.24. The number of piperidine rings is 1. The van der Waals surface area contributed by atoms with Crippen molar-refractivity contribution < 1.29 is 4.79 Å². The molecule has 138 valence electrons. The first kappa shape index (κ1) is 17.5. The SMILES string of the molecule is O=C(Cc1ccccc1)N1CCC(Cc2nncn2-c2ccccc2)CC1. The standard InChI is InChI=1S/C22H24N4O/c27-22(16-18-7-3-1-4-8-18)25-13-11-19(12-14-25)15-21-24-23-17-26(21)20-9-5-2-6-10-20/h1-10,17,19H,11-16H2. The van der Waals surface area contributed by atoms with Gasteiger partial charge in [-0.15, -0.1) is 10.2 Å². The van der Waals surface area contributed by atoms with Gasteiger partial charge in [0, 0.05) is 25.2 Å². The molecule has 0 aliphatic carbocycles. The fourth-order valence-electron chi connectivity index (χ4n) is 3.73. The molecule has 2 heterocycles. The molecule has 1 amide bonds. The Morgan fingerprint density at radius 1 is 0.963 bits per heavy atom. The molecule has 1 aromatic heterocycles. The van der Waals surface area contributed by atoms with Crippen molar-refractivity contribution in [3.63, 3.8) is 0 Å². The molecule has 3 aromatic rings. The minimum absolute atomic E-state index is 0.229. The molecule has 0 bridgehead atoms. The summed E-state index contributed by atoms with van der Waals surface area (Å²) in [4.78, 5) is 14.5. The van der Waals surface area contributed by atoms with Gasteiger partial charge in [-0.1, -0.05) is 48.5 Å². The summed E-state index contributed by atoms with van der Waals surface area (Å²) in [6.07, 6.45) is 5.21. The van der Waals surface area contributed by atoms with Gasteiger partial charge in [0.25, 0.3) is 0 Å². The Kier molecular flexibility index (Phi) is 5.28. The number of carbonyl (C=O) groups excluding carboxylic acids is 1. The maximum atomic E-state index is 12.5. The summed E-state index contributed by atoms with van der Waals surface area (Å²) in [7, 11) is 0. The van der Waals surface area contributed by atoms with Gasteiger partial charge in [0.2, 0.25) is 5.91 Å². The van der Waals surface area contributed by atoms with Crippen molar-refractivity contribution in [2.24, 2.45) is 5.92 Å². The summed E-state index contributed by atoms with van der Waals surface area (Å²) in [5, 5.41) is 8.43. The number of nitrogens with zero attached hydrogens (tertiary/aromatic N) is 4. The van der Waals surface area contributed by atoms with Crippen LogP contribution in [0.15, 0.2) is 67.0 Å². The number of benzene rings is 2. The van der Waals surface area contributed by atoms with Gasteiger partial charge in [-0.3, -0.25) is 9.36 Å². The predicted molar refractivity (Wildman–Crippen MR) is 105 cm³/mol. The van der Waals surface area contributed by atoms with Crippen LogP contribution < -0.4 is 0 Å². The summed E-state index contributed by atoms with van der Waals surface area (Å²) in [5.41, 5.74) is 2.17. The molecule has 0 unspecified atom stereocenters. The third kappa shape index (κ3) is 4.25. The number of para-hydroxylation sites is 1. The van der Waals surface area contributed by atoms with Crippen molar-refractivity contribution in [2.75, 3.05) is 13.1 Å². The smallest absolute Gasteiger partial charge is 0.226 e. The molecule has 1 aliphatic heterocycles. The largest absolute Gasteiger partial charge is 0.342 e. The number of amides is 1. The summed E-state index contributed by atoms with van der Waals surface area (Å²) in [6.45, 7) is 1.66. The van der Waals surface area contributed by atoms with E-state index in [1.165, 1.54) is 0 Å². The average Bonchev–Trinajstić information content (AvgIpc) is 3.18. The van der Waals surface area contributed by atoms with Gasteiger partial charge in [0.1, 0.15) is 12.2 Å². The monoisotopic (exact) mass is 360 g/mol. The van der Waals surface area contributed by atoms with Gasteiger partial charge < -0.3 is 4.90 Å². The van der Waals surface area contributed by atoms with Gasteiger partial charge >= 0.3 is 0 Å². The molecule has 1 saturated heterocycles. The molecule has 4 rings (SSSR count). The molecule has 0 N–H and O–H groups in total. The number of likely N-dealkylation sites (tertiary alicyclic amines) is 1. The molecule has 5 nitrogen and oxygen atoms in total. The molecule has 1 fully saturated rings. The Morgan fingerprint density at radius 2 is 1.63 bits per heavy atom. The van der Waals surface area contributed by atoms with E-state index in [0.29, 0.717) is 12.3 Å². The minimum atomic E-state index is 0.229. The summed E-state index contributed by atoms with van der Waals surface area (Å²) < 4.78 is 2.06. The lowest BCUT2D eigenvalue weighted by molar-refractivity contribution is -0.131. The fourth-order valence-corrected chi connectivity index (χ4v) is 3.73. The second kappa shape index (κ2) is 8.16. The van der Waals surface area contributed by atoms with Crippen LogP contribution in [0.1, 0.15) is 24.2 Å².